The number of benzene rings is 2. The Morgan fingerprint density at radius 3 is 2.44 bits per heavy atom. The van der Waals surface area contributed by atoms with Crippen LogP contribution < -0.4 is 10.2 Å². The van der Waals surface area contributed by atoms with Crippen LogP contribution in [0.25, 0.3) is 10.8 Å². The van der Waals surface area contributed by atoms with Crippen molar-refractivity contribution in [2.45, 2.75) is 0 Å². The molecule has 0 amide bonds. The fourth-order valence-electron chi connectivity index (χ4n) is 2.38. The first-order valence-corrected chi connectivity index (χ1v) is 5.99. The molecule has 2 aromatic rings. The molecule has 0 radical (unpaired) electrons. The van der Waals surface area contributed by atoms with Crippen molar-refractivity contribution in [2.24, 2.45) is 0 Å². The quantitative estimate of drug-likeness (QED) is 0.755. The third-order valence-corrected chi connectivity index (χ3v) is 3.30. The van der Waals surface area contributed by atoms with E-state index in [-0.39, 0.29) is 0 Å². The number of fused-ring (bicyclic) bond motifs is 1. The van der Waals surface area contributed by atoms with Crippen LogP contribution in [0.15, 0.2) is 42.5 Å². The maximum Gasteiger partial charge on any atom is 0.0934 e. The van der Waals surface area contributed by atoms with E-state index in [1.807, 2.05) is 0 Å². The molecule has 3 rings (SSSR count). The summed E-state index contributed by atoms with van der Waals surface area (Å²) in [4.78, 5) is 2.48. The number of anilines is 1. The van der Waals surface area contributed by atoms with Crippen molar-refractivity contribution in [3.05, 3.63) is 42.5 Å². The number of hydrogen-bond acceptors (Lipinski definition) is 1. The average Bonchev–Trinajstić information content (AvgIpc) is 2.39. The van der Waals surface area contributed by atoms with E-state index in [4.69, 9.17) is 0 Å². The molecule has 1 aliphatic rings. The van der Waals surface area contributed by atoms with Crippen molar-refractivity contribution in [2.75, 3.05) is 31.1 Å². The standard InChI is InChI=1S/C14H16N2/c1-2-4-13-11-14(6-5-12(13)3-1)16-9-7-15-8-10-16/h1-6,11,15H,7-10H2/p+1. The van der Waals surface area contributed by atoms with Gasteiger partial charge in [0, 0.05) is 5.69 Å². The summed E-state index contributed by atoms with van der Waals surface area (Å²) in [7, 11) is 0. The van der Waals surface area contributed by atoms with Crippen LogP contribution in [-0.4, -0.2) is 26.2 Å². The van der Waals surface area contributed by atoms with Crippen molar-refractivity contribution >= 4 is 16.5 Å². The van der Waals surface area contributed by atoms with Gasteiger partial charge in [0.25, 0.3) is 0 Å². The molecule has 2 heteroatoms. The molecule has 2 aromatic carbocycles. The fourth-order valence-corrected chi connectivity index (χ4v) is 2.38. The molecule has 2 nitrogen and oxygen atoms in total. The topological polar surface area (TPSA) is 19.9 Å². The van der Waals surface area contributed by atoms with Crippen LogP contribution >= 0.6 is 0 Å². The van der Waals surface area contributed by atoms with E-state index in [1.54, 1.807) is 0 Å². The van der Waals surface area contributed by atoms with Gasteiger partial charge in [-0.05, 0) is 22.9 Å². The molecule has 16 heavy (non-hydrogen) atoms. The number of nitrogens with zero attached hydrogens (tertiary/aromatic N) is 1. The summed E-state index contributed by atoms with van der Waals surface area (Å²) < 4.78 is 0. The highest BCUT2D eigenvalue weighted by Gasteiger charge is 2.12. The SMILES string of the molecule is c1ccc2cc(N3CC[NH2+]CC3)ccc2c1. The van der Waals surface area contributed by atoms with Gasteiger partial charge in [0.15, 0.2) is 0 Å². The molecule has 0 aliphatic carbocycles. The monoisotopic (exact) mass is 213 g/mol. The molecule has 0 aromatic heterocycles. The third-order valence-electron chi connectivity index (χ3n) is 3.30. The molecule has 0 spiro atoms. The first-order chi connectivity index (χ1) is 7.93. The summed E-state index contributed by atoms with van der Waals surface area (Å²) >= 11 is 0. The van der Waals surface area contributed by atoms with E-state index < -0.39 is 0 Å². The minimum Gasteiger partial charge on any atom is -0.360 e. The average molecular weight is 213 g/mol. The van der Waals surface area contributed by atoms with Crippen molar-refractivity contribution in [1.29, 1.82) is 0 Å². The van der Waals surface area contributed by atoms with Gasteiger partial charge in [-0.1, -0.05) is 30.3 Å². The largest absolute Gasteiger partial charge is 0.360 e. The Balaban J connectivity index is 1.97. The zero-order valence-electron chi connectivity index (χ0n) is 9.39. The van der Waals surface area contributed by atoms with Crippen LogP contribution in [-0.2, 0) is 0 Å². The maximum absolute atomic E-state index is 2.48. The summed E-state index contributed by atoms with van der Waals surface area (Å²) in [6, 6.07) is 15.3. The summed E-state index contributed by atoms with van der Waals surface area (Å²) in [6.45, 7) is 4.76. The molecule has 1 saturated heterocycles. The van der Waals surface area contributed by atoms with Gasteiger partial charge in [0.2, 0.25) is 0 Å². The molecule has 2 N–H and O–H groups in total. The maximum atomic E-state index is 2.48. The predicted molar refractivity (Wildman–Crippen MR) is 67.8 cm³/mol. The molecular weight excluding hydrogens is 196 g/mol. The molecule has 0 unspecified atom stereocenters. The fraction of sp³-hybridized carbons (Fsp3) is 0.286. The summed E-state index contributed by atoms with van der Waals surface area (Å²) in [5.74, 6) is 0. The van der Waals surface area contributed by atoms with Gasteiger partial charge in [0.05, 0.1) is 26.2 Å². The highest BCUT2D eigenvalue weighted by atomic mass is 15.2. The molecule has 82 valence electrons. The Morgan fingerprint density at radius 2 is 1.62 bits per heavy atom. The second-order valence-electron chi connectivity index (χ2n) is 4.38. The highest BCUT2D eigenvalue weighted by molar-refractivity contribution is 5.85. The van der Waals surface area contributed by atoms with Gasteiger partial charge in [0.1, 0.15) is 0 Å². The number of rotatable bonds is 1. The van der Waals surface area contributed by atoms with Crippen molar-refractivity contribution in [3.8, 4) is 0 Å². The van der Waals surface area contributed by atoms with Gasteiger partial charge < -0.3 is 10.2 Å². The van der Waals surface area contributed by atoms with E-state index in [0.29, 0.717) is 0 Å². The highest BCUT2D eigenvalue weighted by Crippen LogP contribution is 2.21. The molecule has 0 saturated carbocycles. The van der Waals surface area contributed by atoms with E-state index in [2.05, 4.69) is 52.7 Å². The zero-order valence-corrected chi connectivity index (χ0v) is 9.39. The van der Waals surface area contributed by atoms with Crippen molar-refractivity contribution in [3.63, 3.8) is 0 Å². The Bertz CT molecular complexity index is 487. The number of hydrogen-bond donors (Lipinski definition) is 1. The molecule has 1 heterocycles. The molecule has 1 fully saturated rings. The van der Waals surface area contributed by atoms with Gasteiger partial charge >= 0.3 is 0 Å². The van der Waals surface area contributed by atoms with E-state index >= 15 is 0 Å². The lowest BCUT2D eigenvalue weighted by atomic mass is 10.1. The van der Waals surface area contributed by atoms with Crippen LogP contribution in [0.5, 0.6) is 0 Å². The van der Waals surface area contributed by atoms with E-state index in [9.17, 15) is 0 Å². The van der Waals surface area contributed by atoms with Crippen LogP contribution in [0, 0.1) is 0 Å². The Hall–Kier alpha value is -1.54. The van der Waals surface area contributed by atoms with Crippen LogP contribution in [0.2, 0.25) is 0 Å². The van der Waals surface area contributed by atoms with Crippen LogP contribution in [0.4, 0.5) is 5.69 Å². The van der Waals surface area contributed by atoms with Crippen LogP contribution in [0.1, 0.15) is 0 Å². The molecule has 1 aliphatic heterocycles. The smallest absolute Gasteiger partial charge is 0.0934 e. The second kappa shape index (κ2) is 4.14. The minimum absolute atomic E-state index is 1.17. The normalized spacial score (nSPS) is 16.6. The molecular formula is C14H17N2+. The zero-order chi connectivity index (χ0) is 10.8. The number of quaternary nitrogens is 1. The van der Waals surface area contributed by atoms with E-state index in [1.165, 1.54) is 42.6 Å². The van der Waals surface area contributed by atoms with Gasteiger partial charge in [-0.3, -0.25) is 0 Å². The van der Waals surface area contributed by atoms with Crippen molar-refractivity contribution in [1.82, 2.24) is 0 Å². The predicted octanol–water partition coefficient (Wildman–Crippen LogP) is 1.22. The lowest BCUT2D eigenvalue weighted by Crippen LogP contribution is -2.89. The lowest BCUT2D eigenvalue weighted by molar-refractivity contribution is -0.655. The first-order valence-electron chi connectivity index (χ1n) is 5.99. The van der Waals surface area contributed by atoms with Crippen molar-refractivity contribution < 1.29 is 5.32 Å². The van der Waals surface area contributed by atoms with Crippen LogP contribution in [0.3, 0.4) is 0 Å². The number of nitrogens with two attached hydrogens (primary N) is 1. The second-order valence-corrected chi connectivity index (χ2v) is 4.38. The molecule has 0 bridgehead atoms. The summed E-state index contributed by atoms with van der Waals surface area (Å²) in [6.07, 6.45) is 0. The van der Waals surface area contributed by atoms with E-state index in [0.717, 1.165) is 0 Å². The lowest BCUT2D eigenvalue weighted by Gasteiger charge is -2.27. The molecule has 0 atom stereocenters. The van der Waals surface area contributed by atoms with Gasteiger partial charge in [-0.25, -0.2) is 0 Å². The van der Waals surface area contributed by atoms with Gasteiger partial charge in [-0.2, -0.15) is 0 Å². The first kappa shape index (κ1) is 9.67. The third kappa shape index (κ3) is 1.76. The Kier molecular flexibility index (Phi) is 2.50. The summed E-state index contributed by atoms with van der Waals surface area (Å²) in [5, 5.41) is 5.06. The Morgan fingerprint density at radius 1 is 0.875 bits per heavy atom. The van der Waals surface area contributed by atoms with Gasteiger partial charge in [-0.15, -0.1) is 0 Å². The summed E-state index contributed by atoms with van der Waals surface area (Å²) in [5.41, 5.74) is 1.37. The minimum atomic E-state index is 1.17. The Labute approximate surface area is 95.9 Å². The number of piperazine rings is 1.